The molecule has 0 N–H and O–H groups in total. The predicted molar refractivity (Wildman–Crippen MR) is 65.0 cm³/mol. The highest BCUT2D eigenvalue weighted by Crippen LogP contribution is 2.16. The van der Waals surface area contributed by atoms with Crippen LogP contribution in [0.2, 0.25) is 0 Å². The van der Waals surface area contributed by atoms with Crippen molar-refractivity contribution in [3.63, 3.8) is 0 Å². The average Bonchev–Trinajstić information content (AvgIpc) is 2.01. The van der Waals surface area contributed by atoms with Gasteiger partial charge in [0, 0.05) is 5.41 Å². The van der Waals surface area contributed by atoms with Gasteiger partial charge in [-0.25, -0.2) is 0 Å². The Hall–Kier alpha value is -0.600. The van der Waals surface area contributed by atoms with Crippen LogP contribution in [0.3, 0.4) is 0 Å². The van der Waals surface area contributed by atoms with Crippen LogP contribution in [0.1, 0.15) is 27.7 Å². The van der Waals surface area contributed by atoms with Crippen molar-refractivity contribution in [3.8, 4) is 0 Å². The summed E-state index contributed by atoms with van der Waals surface area (Å²) in [7, 11) is 0. The second kappa shape index (κ2) is 6.81. The zero-order valence-corrected chi connectivity index (χ0v) is 10.6. The summed E-state index contributed by atoms with van der Waals surface area (Å²) in [4.78, 5) is 0. The monoisotopic (exact) mass is 212 g/mol. The van der Waals surface area contributed by atoms with Crippen molar-refractivity contribution in [2.75, 3.05) is 26.4 Å². The van der Waals surface area contributed by atoms with Gasteiger partial charge in [-0.3, -0.25) is 0 Å². The normalized spacial score (nSPS) is 11.5. The molecule has 0 aromatic heterocycles. The first kappa shape index (κ1) is 14.4. The second-order valence-electron chi connectivity index (χ2n) is 5.06. The molecule has 0 atom stereocenters. The maximum atomic E-state index is 5.52. The van der Waals surface area contributed by atoms with E-state index >= 15 is 0 Å². The Balaban J connectivity index is 3.66. The van der Waals surface area contributed by atoms with Gasteiger partial charge in [-0.2, -0.15) is 0 Å². The van der Waals surface area contributed by atoms with Crippen molar-refractivity contribution in [1.82, 2.24) is 0 Å². The summed E-state index contributed by atoms with van der Waals surface area (Å²) in [6.45, 7) is 18.4. The second-order valence-corrected chi connectivity index (χ2v) is 5.06. The minimum atomic E-state index is 0.0465. The van der Waals surface area contributed by atoms with Crippen LogP contribution in [-0.2, 0) is 9.47 Å². The van der Waals surface area contributed by atoms with E-state index in [0.29, 0.717) is 26.4 Å². The van der Waals surface area contributed by atoms with E-state index in [4.69, 9.17) is 9.47 Å². The molecule has 0 radical (unpaired) electrons. The Bertz CT molecular complexity index is 195. The molecule has 2 heteroatoms. The van der Waals surface area contributed by atoms with Crippen LogP contribution in [0.4, 0.5) is 0 Å². The van der Waals surface area contributed by atoms with Crippen LogP contribution >= 0.6 is 0 Å². The van der Waals surface area contributed by atoms with E-state index in [1.165, 1.54) is 0 Å². The third-order valence-corrected chi connectivity index (χ3v) is 1.68. The minimum absolute atomic E-state index is 0.0465. The third-order valence-electron chi connectivity index (χ3n) is 1.68. The molecule has 2 nitrogen and oxygen atoms in total. The van der Waals surface area contributed by atoms with E-state index in [-0.39, 0.29) is 5.41 Å². The fourth-order valence-corrected chi connectivity index (χ4v) is 1.04. The van der Waals surface area contributed by atoms with E-state index in [0.717, 1.165) is 11.1 Å². The number of ether oxygens (including phenoxy) is 2. The number of rotatable bonds is 8. The fraction of sp³-hybridized carbons (Fsp3) is 0.692. The molecule has 0 unspecified atom stereocenters. The van der Waals surface area contributed by atoms with Gasteiger partial charge in [0.2, 0.25) is 0 Å². The quantitative estimate of drug-likeness (QED) is 0.575. The zero-order chi connectivity index (χ0) is 11.9. The largest absolute Gasteiger partial charge is 0.376 e. The summed E-state index contributed by atoms with van der Waals surface area (Å²) >= 11 is 0. The average molecular weight is 212 g/mol. The molecule has 0 amide bonds. The molecule has 0 spiro atoms. The van der Waals surface area contributed by atoms with Crippen molar-refractivity contribution in [1.29, 1.82) is 0 Å². The van der Waals surface area contributed by atoms with Gasteiger partial charge >= 0.3 is 0 Å². The van der Waals surface area contributed by atoms with Crippen molar-refractivity contribution < 1.29 is 9.47 Å². The standard InChI is InChI=1S/C13H24O2/c1-11(2)7-14-9-13(5,6)10-15-8-12(3)4/h1,3,7-10H2,2,4-6H3. The highest BCUT2D eigenvalue weighted by molar-refractivity contribution is 4.88. The molecule has 15 heavy (non-hydrogen) atoms. The van der Waals surface area contributed by atoms with Gasteiger partial charge in [0.1, 0.15) is 0 Å². The summed E-state index contributed by atoms with van der Waals surface area (Å²) in [5.41, 5.74) is 2.15. The van der Waals surface area contributed by atoms with Gasteiger partial charge in [0.05, 0.1) is 26.4 Å². The highest BCUT2D eigenvalue weighted by atomic mass is 16.5. The molecule has 0 aliphatic rings. The van der Waals surface area contributed by atoms with Crippen LogP contribution in [0.5, 0.6) is 0 Å². The van der Waals surface area contributed by atoms with Gasteiger partial charge in [-0.15, -0.1) is 0 Å². The molecule has 0 aliphatic heterocycles. The summed E-state index contributed by atoms with van der Waals surface area (Å²) in [5.74, 6) is 0. The maximum absolute atomic E-state index is 5.52. The fourth-order valence-electron chi connectivity index (χ4n) is 1.04. The van der Waals surface area contributed by atoms with Gasteiger partial charge in [0.25, 0.3) is 0 Å². The molecular weight excluding hydrogens is 188 g/mol. The van der Waals surface area contributed by atoms with Gasteiger partial charge < -0.3 is 9.47 Å². The maximum Gasteiger partial charge on any atom is 0.0671 e. The molecule has 0 aromatic rings. The van der Waals surface area contributed by atoms with Crippen molar-refractivity contribution >= 4 is 0 Å². The lowest BCUT2D eigenvalue weighted by Gasteiger charge is -2.24. The highest BCUT2D eigenvalue weighted by Gasteiger charge is 2.18. The van der Waals surface area contributed by atoms with E-state index < -0.39 is 0 Å². The lowest BCUT2D eigenvalue weighted by Crippen LogP contribution is -2.26. The molecule has 0 heterocycles. The zero-order valence-electron chi connectivity index (χ0n) is 10.6. The van der Waals surface area contributed by atoms with Crippen molar-refractivity contribution in [2.45, 2.75) is 27.7 Å². The first-order valence-electron chi connectivity index (χ1n) is 5.28. The summed E-state index contributed by atoms with van der Waals surface area (Å²) in [6, 6.07) is 0. The predicted octanol–water partition coefficient (Wildman–Crippen LogP) is 3.20. The topological polar surface area (TPSA) is 18.5 Å². The molecule has 0 saturated heterocycles. The van der Waals surface area contributed by atoms with Crippen molar-refractivity contribution in [3.05, 3.63) is 24.3 Å². The molecular formula is C13H24O2. The van der Waals surface area contributed by atoms with E-state index in [1.54, 1.807) is 0 Å². The van der Waals surface area contributed by atoms with Gasteiger partial charge in [-0.1, -0.05) is 38.2 Å². The SMILES string of the molecule is C=C(C)COCC(C)(C)COCC(=C)C. The summed E-state index contributed by atoms with van der Waals surface area (Å²) in [5, 5.41) is 0. The van der Waals surface area contributed by atoms with Crippen LogP contribution in [0.15, 0.2) is 24.3 Å². The van der Waals surface area contributed by atoms with Crippen LogP contribution in [0.25, 0.3) is 0 Å². The first-order valence-corrected chi connectivity index (χ1v) is 5.28. The summed E-state index contributed by atoms with van der Waals surface area (Å²) in [6.07, 6.45) is 0. The van der Waals surface area contributed by atoms with Crippen LogP contribution in [0, 0.1) is 5.41 Å². The molecule has 0 saturated carbocycles. The van der Waals surface area contributed by atoms with Gasteiger partial charge in [0.15, 0.2) is 0 Å². The van der Waals surface area contributed by atoms with Gasteiger partial charge in [-0.05, 0) is 13.8 Å². The molecule has 0 aliphatic carbocycles. The summed E-state index contributed by atoms with van der Waals surface area (Å²) < 4.78 is 11.0. The van der Waals surface area contributed by atoms with Crippen LogP contribution in [-0.4, -0.2) is 26.4 Å². The first-order chi connectivity index (χ1) is 6.83. The number of hydrogen-bond acceptors (Lipinski definition) is 2. The number of hydrogen-bond donors (Lipinski definition) is 0. The smallest absolute Gasteiger partial charge is 0.0671 e. The molecule has 0 bridgehead atoms. The molecule has 0 fully saturated rings. The van der Waals surface area contributed by atoms with E-state index in [2.05, 4.69) is 27.0 Å². The Morgan fingerprint density at radius 1 is 0.933 bits per heavy atom. The Kier molecular flexibility index (Phi) is 6.53. The lowest BCUT2D eigenvalue weighted by atomic mass is 9.96. The molecule has 0 rings (SSSR count). The van der Waals surface area contributed by atoms with E-state index in [9.17, 15) is 0 Å². The molecule has 0 aromatic carbocycles. The lowest BCUT2D eigenvalue weighted by molar-refractivity contribution is 0.00921. The Labute approximate surface area is 94.0 Å². The Morgan fingerprint density at radius 2 is 1.27 bits per heavy atom. The van der Waals surface area contributed by atoms with E-state index in [1.807, 2.05) is 13.8 Å². The van der Waals surface area contributed by atoms with Crippen molar-refractivity contribution in [2.24, 2.45) is 5.41 Å². The minimum Gasteiger partial charge on any atom is -0.376 e. The molecule has 88 valence electrons. The third kappa shape index (κ3) is 9.70. The Morgan fingerprint density at radius 3 is 1.53 bits per heavy atom. The van der Waals surface area contributed by atoms with Crippen LogP contribution < -0.4 is 0 Å².